The molecule has 17 heavy (non-hydrogen) atoms. The van der Waals surface area contributed by atoms with Gasteiger partial charge in [-0.3, -0.25) is 0 Å². The molecule has 1 heterocycles. The smallest absolute Gasteiger partial charge is 0.196 e. The summed E-state index contributed by atoms with van der Waals surface area (Å²) in [5.74, 6) is 1.58. The van der Waals surface area contributed by atoms with Crippen molar-refractivity contribution in [2.24, 2.45) is 5.73 Å². The van der Waals surface area contributed by atoms with Gasteiger partial charge in [-0.2, -0.15) is 0 Å². The molecule has 0 fully saturated rings. The maximum absolute atomic E-state index is 5.60. The highest BCUT2D eigenvalue weighted by molar-refractivity contribution is 5.65. The van der Waals surface area contributed by atoms with Gasteiger partial charge >= 0.3 is 0 Å². The van der Waals surface area contributed by atoms with Crippen LogP contribution in [0.1, 0.15) is 22.8 Å². The Balaban J connectivity index is 2.45. The molecule has 2 N–H and O–H groups in total. The molecule has 90 valence electrons. The predicted molar refractivity (Wildman–Crippen MR) is 68.9 cm³/mol. The van der Waals surface area contributed by atoms with Crippen LogP contribution < -0.4 is 5.73 Å². The first-order chi connectivity index (χ1) is 8.11. The number of hydrogen-bond donors (Lipinski definition) is 1. The zero-order valence-corrected chi connectivity index (χ0v) is 10.6. The van der Waals surface area contributed by atoms with E-state index in [2.05, 4.69) is 37.0 Å². The van der Waals surface area contributed by atoms with Crippen molar-refractivity contribution in [3.63, 3.8) is 0 Å². The SMILES string of the molecule is Cc1ccc(-c2nc(CCN)oc2C)c(C)c1. The lowest BCUT2D eigenvalue weighted by molar-refractivity contribution is 0.473. The van der Waals surface area contributed by atoms with E-state index in [1.54, 1.807) is 0 Å². The quantitative estimate of drug-likeness (QED) is 0.882. The first-order valence-corrected chi connectivity index (χ1v) is 5.86. The molecule has 3 heteroatoms. The van der Waals surface area contributed by atoms with Gasteiger partial charge in [0.05, 0.1) is 0 Å². The minimum Gasteiger partial charge on any atom is -0.445 e. The van der Waals surface area contributed by atoms with E-state index in [4.69, 9.17) is 10.2 Å². The highest BCUT2D eigenvalue weighted by atomic mass is 16.4. The molecule has 0 amide bonds. The molecule has 1 aromatic carbocycles. The summed E-state index contributed by atoms with van der Waals surface area (Å²) in [5, 5.41) is 0. The van der Waals surface area contributed by atoms with Gasteiger partial charge < -0.3 is 10.2 Å². The van der Waals surface area contributed by atoms with E-state index in [0.717, 1.165) is 22.9 Å². The van der Waals surface area contributed by atoms with Crippen LogP contribution in [0.5, 0.6) is 0 Å². The lowest BCUT2D eigenvalue weighted by Crippen LogP contribution is -2.02. The Morgan fingerprint density at radius 2 is 2.00 bits per heavy atom. The summed E-state index contributed by atoms with van der Waals surface area (Å²) in [5.41, 5.74) is 10.1. The normalized spacial score (nSPS) is 10.8. The first-order valence-electron chi connectivity index (χ1n) is 5.86. The van der Waals surface area contributed by atoms with Crippen LogP contribution in [-0.4, -0.2) is 11.5 Å². The molecule has 0 bridgehead atoms. The van der Waals surface area contributed by atoms with E-state index >= 15 is 0 Å². The fourth-order valence-corrected chi connectivity index (χ4v) is 2.01. The topological polar surface area (TPSA) is 52.0 Å². The van der Waals surface area contributed by atoms with Crippen LogP contribution in [0.3, 0.4) is 0 Å². The van der Waals surface area contributed by atoms with E-state index < -0.39 is 0 Å². The van der Waals surface area contributed by atoms with Gasteiger partial charge in [0.25, 0.3) is 0 Å². The molecule has 0 saturated heterocycles. The van der Waals surface area contributed by atoms with E-state index in [1.165, 1.54) is 11.1 Å². The lowest BCUT2D eigenvalue weighted by atomic mass is 10.0. The van der Waals surface area contributed by atoms with Crippen LogP contribution in [-0.2, 0) is 6.42 Å². The molecule has 0 aliphatic heterocycles. The number of nitrogens with two attached hydrogens (primary N) is 1. The van der Waals surface area contributed by atoms with E-state index in [1.807, 2.05) is 6.92 Å². The number of benzene rings is 1. The van der Waals surface area contributed by atoms with Crippen molar-refractivity contribution < 1.29 is 4.42 Å². The number of aryl methyl sites for hydroxylation is 3. The highest BCUT2D eigenvalue weighted by Crippen LogP contribution is 2.27. The number of rotatable bonds is 3. The predicted octanol–water partition coefficient (Wildman–Crippen LogP) is 2.77. The summed E-state index contributed by atoms with van der Waals surface area (Å²) < 4.78 is 5.60. The molecule has 2 rings (SSSR count). The van der Waals surface area contributed by atoms with E-state index in [0.29, 0.717) is 13.0 Å². The summed E-state index contributed by atoms with van der Waals surface area (Å²) in [6.07, 6.45) is 0.686. The largest absolute Gasteiger partial charge is 0.445 e. The zero-order chi connectivity index (χ0) is 12.4. The van der Waals surface area contributed by atoms with Crippen molar-refractivity contribution >= 4 is 0 Å². The molecule has 0 unspecified atom stereocenters. The molecule has 0 aliphatic carbocycles. The molecule has 0 spiro atoms. The fourth-order valence-electron chi connectivity index (χ4n) is 2.01. The Labute approximate surface area is 102 Å². The van der Waals surface area contributed by atoms with Gasteiger partial charge in [0.2, 0.25) is 0 Å². The Kier molecular flexibility index (Phi) is 3.29. The second-order valence-electron chi connectivity index (χ2n) is 4.37. The second kappa shape index (κ2) is 4.72. The Hall–Kier alpha value is -1.61. The first kappa shape index (κ1) is 11.9. The van der Waals surface area contributed by atoms with Crippen molar-refractivity contribution in [1.82, 2.24) is 4.98 Å². The number of oxazole rings is 1. The van der Waals surface area contributed by atoms with Crippen LogP contribution in [0.4, 0.5) is 0 Å². The molecule has 0 radical (unpaired) electrons. The molecule has 0 saturated carbocycles. The molecular formula is C14H18N2O. The average Bonchev–Trinajstić information content (AvgIpc) is 2.60. The summed E-state index contributed by atoms with van der Waals surface area (Å²) >= 11 is 0. The minimum absolute atomic E-state index is 0.562. The van der Waals surface area contributed by atoms with Crippen LogP contribution in [0.15, 0.2) is 22.6 Å². The fraction of sp³-hybridized carbons (Fsp3) is 0.357. The van der Waals surface area contributed by atoms with Crippen molar-refractivity contribution in [2.75, 3.05) is 6.54 Å². The molecule has 0 atom stereocenters. The van der Waals surface area contributed by atoms with Crippen molar-refractivity contribution in [1.29, 1.82) is 0 Å². The molecular weight excluding hydrogens is 212 g/mol. The van der Waals surface area contributed by atoms with Gasteiger partial charge in [-0.15, -0.1) is 0 Å². The van der Waals surface area contributed by atoms with E-state index in [9.17, 15) is 0 Å². The highest BCUT2D eigenvalue weighted by Gasteiger charge is 2.12. The third-order valence-corrected chi connectivity index (χ3v) is 2.84. The third-order valence-electron chi connectivity index (χ3n) is 2.84. The Morgan fingerprint density at radius 3 is 2.65 bits per heavy atom. The molecule has 1 aromatic heterocycles. The lowest BCUT2D eigenvalue weighted by Gasteiger charge is -2.04. The summed E-state index contributed by atoms with van der Waals surface area (Å²) in [6, 6.07) is 6.35. The Morgan fingerprint density at radius 1 is 1.24 bits per heavy atom. The minimum atomic E-state index is 0.562. The van der Waals surface area contributed by atoms with Crippen molar-refractivity contribution in [3.8, 4) is 11.3 Å². The standard InChI is InChI=1S/C14H18N2O/c1-9-4-5-12(10(2)8-9)14-11(3)17-13(16-14)6-7-15/h4-5,8H,6-7,15H2,1-3H3. The molecule has 0 aliphatic rings. The second-order valence-corrected chi connectivity index (χ2v) is 4.37. The average molecular weight is 230 g/mol. The van der Waals surface area contributed by atoms with Crippen LogP contribution in [0.2, 0.25) is 0 Å². The van der Waals surface area contributed by atoms with Gasteiger partial charge in [0.15, 0.2) is 5.89 Å². The van der Waals surface area contributed by atoms with Gasteiger partial charge in [0, 0.05) is 18.5 Å². The number of hydrogen-bond acceptors (Lipinski definition) is 3. The van der Waals surface area contributed by atoms with Crippen molar-refractivity contribution in [3.05, 3.63) is 41.0 Å². The summed E-state index contributed by atoms with van der Waals surface area (Å²) in [7, 11) is 0. The van der Waals surface area contributed by atoms with Crippen LogP contribution >= 0.6 is 0 Å². The molecule has 2 aromatic rings. The van der Waals surface area contributed by atoms with Gasteiger partial charge in [-0.25, -0.2) is 4.98 Å². The van der Waals surface area contributed by atoms with E-state index in [-0.39, 0.29) is 0 Å². The monoisotopic (exact) mass is 230 g/mol. The van der Waals surface area contributed by atoms with Gasteiger partial charge in [0.1, 0.15) is 11.5 Å². The number of aromatic nitrogens is 1. The zero-order valence-electron chi connectivity index (χ0n) is 10.6. The van der Waals surface area contributed by atoms with Crippen LogP contribution in [0, 0.1) is 20.8 Å². The van der Waals surface area contributed by atoms with Gasteiger partial charge in [-0.1, -0.05) is 23.8 Å². The maximum atomic E-state index is 5.60. The maximum Gasteiger partial charge on any atom is 0.196 e. The summed E-state index contributed by atoms with van der Waals surface area (Å²) in [4.78, 5) is 4.51. The number of nitrogens with zero attached hydrogens (tertiary/aromatic N) is 1. The molecule has 3 nitrogen and oxygen atoms in total. The van der Waals surface area contributed by atoms with Crippen molar-refractivity contribution in [2.45, 2.75) is 27.2 Å². The van der Waals surface area contributed by atoms with Gasteiger partial charge in [-0.05, 0) is 26.3 Å². The Bertz CT molecular complexity index is 529. The summed E-state index contributed by atoms with van der Waals surface area (Å²) in [6.45, 7) is 6.69. The third kappa shape index (κ3) is 2.39. The van der Waals surface area contributed by atoms with Crippen LogP contribution in [0.25, 0.3) is 11.3 Å².